The topological polar surface area (TPSA) is 40.6 Å². The van der Waals surface area contributed by atoms with Gasteiger partial charge < -0.3 is 14.2 Å². The summed E-state index contributed by atoms with van der Waals surface area (Å²) < 4.78 is 29.7. The number of benzene rings is 1. The van der Waals surface area contributed by atoms with Crippen molar-refractivity contribution in [3.8, 4) is 11.5 Å². The van der Waals surface area contributed by atoms with Gasteiger partial charge in [-0.15, -0.1) is 0 Å². The molecule has 0 aliphatic carbocycles. The Kier molecular flexibility index (Phi) is 5.31. The Hall–Kier alpha value is -1.66. The van der Waals surface area contributed by atoms with Crippen molar-refractivity contribution in [1.29, 1.82) is 0 Å². The molecule has 0 atom stereocenters. The van der Waals surface area contributed by atoms with E-state index >= 15 is 0 Å². The van der Waals surface area contributed by atoms with Crippen LogP contribution in [0.3, 0.4) is 0 Å². The van der Waals surface area contributed by atoms with Crippen molar-refractivity contribution in [2.24, 2.45) is 0 Å². The van der Waals surface area contributed by atoms with Crippen molar-refractivity contribution >= 4 is 15.9 Å². The Morgan fingerprint density at radius 1 is 1.15 bits per heavy atom. The van der Waals surface area contributed by atoms with Crippen LogP contribution in [0.4, 0.5) is 4.39 Å². The Balaban J connectivity index is 2.10. The summed E-state index contributed by atoms with van der Waals surface area (Å²) in [5, 5.41) is 0. The molecule has 2 rings (SSSR count). The van der Waals surface area contributed by atoms with Gasteiger partial charge in [0.2, 0.25) is 0 Å². The van der Waals surface area contributed by atoms with Gasteiger partial charge in [-0.3, -0.25) is 4.98 Å². The van der Waals surface area contributed by atoms with Crippen LogP contribution in [0.25, 0.3) is 0 Å². The quantitative estimate of drug-likeness (QED) is 0.753. The second kappa shape index (κ2) is 7.21. The highest BCUT2D eigenvalue weighted by Gasteiger charge is 2.11. The van der Waals surface area contributed by atoms with Gasteiger partial charge >= 0.3 is 0 Å². The van der Waals surface area contributed by atoms with E-state index in [9.17, 15) is 4.39 Å². The van der Waals surface area contributed by atoms with Crippen molar-refractivity contribution in [2.45, 2.75) is 6.61 Å². The molecule has 0 unspecified atom stereocenters. The number of methoxy groups -OCH3 is 1. The molecular formula is C14H13BrFNO3. The molecule has 0 N–H and O–H groups in total. The highest BCUT2D eigenvalue weighted by Crippen LogP contribution is 2.32. The fraction of sp³-hybridized carbons (Fsp3) is 0.214. The number of nitrogens with zero attached hydrogens (tertiary/aromatic N) is 1. The first kappa shape index (κ1) is 14.7. The lowest BCUT2D eigenvalue weighted by Crippen LogP contribution is -2.02. The Morgan fingerprint density at radius 3 is 2.60 bits per heavy atom. The minimum atomic E-state index is -0.481. The molecule has 0 saturated heterocycles. The number of hydrogen-bond acceptors (Lipinski definition) is 4. The molecule has 0 saturated carbocycles. The van der Waals surface area contributed by atoms with Gasteiger partial charge in [-0.1, -0.05) is 0 Å². The van der Waals surface area contributed by atoms with E-state index in [1.165, 1.54) is 19.2 Å². The first-order valence-corrected chi connectivity index (χ1v) is 6.62. The van der Waals surface area contributed by atoms with E-state index in [0.29, 0.717) is 16.8 Å². The molecule has 20 heavy (non-hydrogen) atoms. The average molecular weight is 342 g/mol. The van der Waals surface area contributed by atoms with Crippen LogP contribution in [0.2, 0.25) is 0 Å². The molecule has 0 fully saturated rings. The number of aromatic nitrogens is 1. The summed E-state index contributed by atoms with van der Waals surface area (Å²) in [6.45, 7) is 0.332. The van der Waals surface area contributed by atoms with E-state index < -0.39 is 5.82 Å². The van der Waals surface area contributed by atoms with Crippen LogP contribution in [0.1, 0.15) is 5.56 Å². The first-order valence-electron chi connectivity index (χ1n) is 5.83. The molecule has 1 aromatic carbocycles. The zero-order valence-corrected chi connectivity index (χ0v) is 12.4. The second-order valence-corrected chi connectivity index (χ2v) is 4.76. The van der Waals surface area contributed by atoms with Gasteiger partial charge in [0.25, 0.3) is 0 Å². The van der Waals surface area contributed by atoms with Crippen molar-refractivity contribution < 1.29 is 18.6 Å². The third kappa shape index (κ3) is 3.91. The first-order chi connectivity index (χ1) is 9.70. The largest absolute Gasteiger partial charge is 0.488 e. The van der Waals surface area contributed by atoms with Gasteiger partial charge in [-0.2, -0.15) is 0 Å². The number of pyridine rings is 1. The number of halogens is 2. The summed E-state index contributed by atoms with van der Waals surface area (Å²) in [6, 6.07) is 6.48. The van der Waals surface area contributed by atoms with Crippen LogP contribution < -0.4 is 9.47 Å². The predicted octanol–water partition coefficient (Wildman–Crippen LogP) is 3.54. The van der Waals surface area contributed by atoms with E-state index in [1.807, 2.05) is 12.1 Å². The maximum absolute atomic E-state index is 13.6. The monoisotopic (exact) mass is 341 g/mol. The fourth-order valence-electron chi connectivity index (χ4n) is 1.49. The molecule has 1 heterocycles. The van der Waals surface area contributed by atoms with Crippen molar-refractivity contribution in [1.82, 2.24) is 4.98 Å². The third-order valence-electron chi connectivity index (χ3n) is 2.46. The maximum Gasteiger partial charge on any atom is 0.188 e. The van der Waals surface area contributed by atoms with Gasteiger partial charge in [0.15, 0.2) is 18.4 Å². The van der Waals surface area contributed by atoms with Crippen molar-refractivity contribution in [2.75, 3.05) is 13.9 Å². The van der Waals surface area contributed by atoms with E-state index in [4.69, 9.17) is 14.2 Å². The van der Waals surface area contributed by atoms with Crippen LogP contribution in [-0.2, 0) is 11.3 Å². The molecule has 2 aromatic rings. The predicted molar refractivity (Wildman–Crippen MR) is 75.2 cm³/mol. The molecule has 0 radical (unpaired) electrons. The van der Waals surface area contributed by atoms with E-state index in [0.717, 1.165) is 5.56 Å². The Bertz CT molecular complexity index is 566. The molecule has 106 valence electrons. The molecule has 1 aromatic heterocycles. The lowest BCUT2D eigenvalue weighted by Gasteiger charge is -2.12. The van der Waals surface area contributed by atoms with E-state index in [2.05, 4.69) is 20.9 Å². The highest BCUT2D eigenvalue weighted by molar-refractivity contribution is 9.10. The summed E-state index contributed by atoms with van der Waals surface area (Å²) in [5.74, 6) is 0.0966. The van der Waals surface area contributed by atoms with Gasteiger partial charge in [0, 0.05) is 25.6 Å². The standard InChI is InChI=1S/C14H13BrFNO3/c1-18-9-20-14-7-13(11(15)6-12(14)16)19-8-10-2-4-17-5-3-10/h2-7H,8-9H2,1H3. The maximum atomic E-state index is 13.6. The number of rotatable bonds is 6. The van der Waals surface area contributed by atoms with Crippen LogP contribution >= 0.6 is 15.9 Å². The molecular weight excluding hydrogens is 329 g/mol. The fourth-order valence-corrected chi connectivity index (χ4v) is 1.92. The summed E-state index contributed by atoms with van der Waals surface area (Å²) in [4.78, 5) is 3.93. The minimum Gasteiger partial charge on any atom is -0.488 e. The molecule has 4 nitrogen and oxygen atoms in total. The van der Waals surface area contributed by atoms with Crippen LogP contribution in [-0.4, -0.2) is 18.9 Å². The van der Waals surface area contributed by atoms with Gasteiger partial charge in [0.05, 0.1) is 4.47 Å². The Labute approximate surface area is 124 Å². The summed E-state index contributed by atoms with van der Waals surface area (Å²) in [6.07, 6.45) is 3.37. The Morgan fingerprint density at radius 2 is 1.90 bits per heavy atom. The average Bonchev–Trinajstić information content (AvgIpc) is 2.46. The molecule has 0 spiro atoms. The van der Waals surface area contributed by atoms with Gasteiger partial charge in [0.1, 0.15) is 12.4 Å². The second-order valence-electron chi connectivity index (χ2n) is 3.91. The zero-order valence-electron chi connectivity index (χ0n) is 10.8. The number of ether oxygens (including phenoxy) is 3. The van der Waals surface area contributed by atoms with Gasteiger partial charge in [-0.05, 0) is 39.7 Å². The SMILES string of the molecule is COCOc1cc(OCc2ccncc2)c(Br)cc1F. The molecule has 6 heteroatoms. The molecule has 0 bridgehead atoms. The molecule has 0 amide bonds. The van der Waals surface area contributed by atoms with E-state index in [-0.39, 0.29) is 12.5 Å². The molecule has 0 aliphatic heterocycles. The minimum absolute atomic E-state index is 0.0254. The smallest absolute Gasteiger partial charge is 0.188 e. The van der Waals surface area contributed by atoms with Crippen LogP contribution in [0, 0.1) is 5.82 Å². The summed E-state index contributed by atoms with van der Waals surface area (Å²) >= 11 is 3.26. The zero-order chi connectivity index (χ0) is 14.4. The van der Waals surface area contributed by atoms with Crippen LogP contribution in [0.5, 0.6) is 11.5 Å². The molecule has 0 aliphatic rings. The summed E-state index contributed by atoms with van der Waals surface area (Å²) in [7, 11) is 1.47. The van der Waals surface area contributed by atoms with Crippen molar-refractivity contribution in [3.63, 3.8) is 0 Å². The van der Waals surface area contributed by atoms with Crippen molar-refractivity contribution in [3.05, 3.63) is 52.5 Å². The van der Waals surface area contributed by atoms with Crippen LogP contribution in [0.15, 0.2) is 41.1 Å². The van der Waals surface area contributed by atoms with Gasteiger partial charge in [-0.25, -0.2) is 4.39 Å². The third-order valence-corrected chi connectivity index (χ3v) is 3.08. The lowest BCUT2D eigenvalue weighted by atomic mass is 10.3. The van der Waals surface area contributed by atoms with E-state index in [1.54, 1.807) is 12.4 Å². The lowest BCUT2D eigenvalue weighted by molar-refractivity contribution is 0.0480. The number of hydrogen-bond donors (Lipinski definition) is 0. The highest BCUT2D eigenvalue weighted by atomic mass is 79.9. The summed E-state index contributed by atoms with van der Waals surface area (Å²) in [5.41, 5.74) is 0.968. The normalized spacial score (nSPS) is 10.3.